The SMILES string of the molecule is O=C(COC(=O)c1cc([N+](=O)[O-])ccc1N1CCCC1)c1cc(F)ccc1F. The Morgan fingerprint density at radius 3 is 2.46 bits per heavy atom. The molecule has 0 bridgehead atoms. The Morgan fingerprint density at radius 2 is 1.79 bits per heavy atom. The van der Waals surface area contributed by atoms with Crippen LogP contribution in [0.15, 0.2) is 36.4 Å². The van der Waals surface area contributed by atoms with Crippen molar-refractivity contribution in [3.63, 3.8) is 0 Å². The number of rotatable bonds is 6. The van der Waals surface area contributed by atoms with Gasteiger partial charge in [-0.2, -0.15) is 0 Å². The molecule has 1 aliphatic rings. The lowest BCUT2D eigenvalue weighted by molar-refractivity contribution is -0.384. The average molecular weight is 390 g/mol. The Morgan fingerprint density at radius 1 is 1.07 bits per heavy atom. The van der Waals surface area contributed by atoms with E-state index in [1.54, 1.807) is 0 Å². The van der Waals surface area contributed by atoms with Crippen molar-refractivity contribution < 1.29 is 28.0 Å². The number of ketones is 1. The molecule has 3 rings (SSSR count). The maximum atomic E-state index is 13.7. The lowest BCUT2D eigenvalue weighted by Gasteiger charge is -2.20. The summed E-state index contributed by atoms with van der Waals surface area (Å²) in [6.45, 7) is 0.554. The largest absolute Gasteiger partial charge is 0.454 e. The number of benzene rings is 2. The summed E-state index contributed by atoms with van der Waals surface area (Å²) in [5, 5.41) is 11.0. The number of nitro groups is 1. The minimum Gasteiger partial charge on any atom is -0.454 e. The molecule has 7 nitrogen and oxygen atoms in total. The first-order valence-corrected chi connectivity index (χ1v) is 8.55. The van der Waals surface area contributed by atoms with E-state index in [4.69, 9.17) is 4.74 Å². The van der Waals surface area contributed by atoms with Gasteiger partial charge in [0.1, 0.15) is 11.6 Å². The van der Waals surface area contributed by atoms with Crippen LogP contribution in [0.1, 0.15) is 33.6 Å². The van der Waals surface area contributed by atoms with Crippen LogP contribution in [-0.2, 0) is 4.74 Å². The molecule has 0 N–H and O–H groups in total. The molecule has 2 aromatic carbocycles. The molecule has 0 radical (unpaired) electrons. The number of esters is 1. The number of non-ortho nitro benzene ring substituents is 1. The monoisotopic (exact) mass is 390 g/mol. The third-order valence-electron chi connectivity index (χ3n) is 4.42. The zero-order valence-electron chi connectivity index (χ0n) is 14.7. The Hall–Kier alpha value is -3.36. The van der Waals surface area contributed by atoms with E-state index < -0.39 is 40.5 Å². The normalized spacial score (nSPS) is 13.4. The van der Waals surface area contributed by atoms with E-state index in [1.807, 2.05) is 4.90 Å². The van der Waals surface area contributed by atoms with Crippen molar-refractivity contribution in [1.29, 1.82) is 0 Å². The fraction of sp³-hybridized carbons (Fsp3) is 0.263. The van der Waals surface area contributed by atoms with E-state index >= 15 is 0 Å². The second kappa shape index (κ2) is 8.12. The molecule has 28 heavy (non-hydrogen) atoms. The second-order valence-corrected chi connectivity index (χ2v) is 6.28. The van der Waals surface area contributed by atoms with Crippen molar-refractivity contribution in [2.45, 2.75) is 12.8 Å². The molecule has 1 heterocycles. The van der Waals surface area contributed by atoms with Crippen molar-refractivity contribution in [3.8, 4) is 0 Å². The first-order chi connectivity index (χ1) is 13.4. The highest BCUT2D eigenvalue weighted by atomic mass is 19.1. The Kier molecular flexibility index (Phi) is 5.62. The minimum absolute atomic E-state index is 0.0522. The Bertz CT molecular complexity index is 942. The van der Waals surface area contributed by atoms with Crippen LogP contribution in [0.2, 0.25) is 0 Å². The van der Waals surface area contributed by atoms with E-state index in [2.05, 4.69) is 0 Å². The average Bonchev–Trinajstić information content (AvgIpc) is 3.21. The number of Topliss-reactive ketones (excluding diaryl/α,β-unsaturated/α-hetero) is 1. The van der Waals surface area contributed by atoms with Gasteiger partial charge >= 0.3 is 5.97 Å². The Balaban J connectivity index is 1.81. The smallest absolute Gasteiger partial charge is 0.340 e. The summed E-state index contributed by atoms with van der Waals surface area (Å²) in [5.74, 6) is -3.60. The van der Waals surface area contributed by atoms with E-state index in [1.165, 1.54) is 12.1 Å². The summed E-state index contributed by atoms with van der Waals surface area (Å²) in [6, 6.07) is 6.23. The summed E-state index contributed by atoms with van der Waals surface area (Å²) < 4.78 is 31.8. The van der Waals surface area contributed by atoms with E-state index in [-0.39, 0.29) is 11.3 Å². The van der Waals surface area contributed by atoms with E-state index in [9.17, 15) is 28.5 Å². The number of anilines is 1. The van der Waals surface area contributed by atoms with Gasteiger partial charge in [0.2, 0.25) is 5.78 Å². The van der Waals surface area contributed by atoms with Crippen molar-refractivity contribution in [2.24, 2.45) is 0 Å². The van der Waals surface area contributed by atoms with Gasteiger partial charge in [0, 0.05) is 25.2 Å². The first kappa shape index (κ1) is 19.4. The third-order valence-corrected chi connectivity index (χ3v) is 4.42. The van der Waals surface area contributed by atoms with Crippen molar-refractivity contribution >= 4 is 23.1 Å². The van der Waals surface area contributed by atoms with Gasteiger partial charge in [0.15, 0.2) is 6.61 Å². The van der Waals surface area contributed by atoms with Crippen molar-refractivity contribution in [3.05, 3.63) is 69.3 Å². The van der Waals surface area contributed by atoms with Gasteiger partial charge in [-0.3, -0.25) is 14.9 Å². The van der Waals surface area contributed by atoms with Crippen LogP contribution in [0, 0.1) is 21.7 Å². The van der Waals surface area contributed by atoms with Crippen LogP contribution >= 0.6 is 0 Å². The lowest BCUT2D eigenvalue weighted by Crippen LogP contribution is -2.22. The number of carbonyl (C=O) groups excluding carboxylic acids is 2. The molecule has 146 valence electrons. The number of carbonyl (C=O) groups is 2. The summed E-state index contributed by atoms with van der Waals surface area (Å²) in [6.07, 6.45) is 1.84. The first-order valence-electron chi connectivity index (χ1n) is 8.55. The van der Waals surface area contributed by atoms with Crippen LogP contribution in [0.4, 0.5) is 20.2 Å². The maximum absolute atomic E-state index is 13.7. The Labute approximate surface area is 158 Å². The number of hydrogen-bond acceptors (Lipinski definition) is 6. The fourth-order valence-corrected chi connectivity index (χ4v) is 3.03. The van der Waals surface area contributed by atoms with Crippen LogP contribution in [-0.4, -0.2) is 36.4 Å². The van der Waals surface area contributed by atoms with Gasteiger partial charge < -0.3 is 9.64 Å². The molecule has 0 aliphatic carbocycles. The van der Waals surface area contributed by atoms with Crippen LogP contribution < -0.4 is 4.90 Å². The van der Waals surface area contributed by atoms with Gasteiger partial charge in [0.05, 0.1) is 21.7 Å². The number of hydrogen-bond donors (Lipinski definition) is 0. The molecular weight excluding hydrogens is 374 g/mol. The zero-order valence-corrected chi connectivity index (χ0v) is 14.7. The van der Waals surface area contributed by atoms with Crippen LogP contribution in [0.25, 0.3) is 0 Å². The quantitative estimate of drug-likeness (QED) is 0.325. The molecular formula is C19H16F2N2O5. The molecule has 2 aromatic rings. The zero-order chi connectivity index (χ0) is 20.3. The number of nitro benzene ring substituents is 1. The highest BCUT2D eigenvalue weighted by Gasteiger charge is 2.24. The standard InChI is InChI=1S/C19H16F2N2O5/c20-12-3-5-16(21)14(9-12)18(24)11-28-19(25)15-10-13(23(26)27)4-6-17(15)22-7-1-2-8-22/h3-6,9-10H,1-2,7-8,11H2. The fourth-order valence-electron chi connectivity index (χ4n) is 3.03. The lowest BCUT2D eigenvalue weighted by atomic mass is 10.1. The van der Waals surface area contributed by atoms with Gasteiger partial charge in [-0.15, -0.1) is 0 Å². The molecule has 0 atom stereocenters. The highest BCUT2D eigenvalue weighted by molar-refractivity contribution is 6.01. The topological polar surface area (TPSA) is 89.8 Å². The summed E-state index contributed by atoms with van der Waals surface area (Å²) in [4.78, 5) is 36.9. The predicted molar refractivity (Wildman–Crippen MR) is 95.5 cm³/mol. The third kappa shape index (κ3) is 4.13. The van der Waals surface area contributed by atoms with Gasteiger partial charge in [-0.25, -0.2) is 13.6 Å². The van der Waals surface area contributed by atoms with Gasteiger partial charge in [0.25, 0.3) is 5.69 Å². The number of nitrogens with zero attached hydrogens (tertiary/aromatic N) is 2. The van der Waals surface area contributed by atoms with Crippen molar-refractivity contribution in [1.82, 2.24) is 0 Å². The molecule has 0 aromatic heterocycles. The van der Waals surface area contributed by atoms with Gasteiger partial charge in [-0.05, 0) is 37.1 Å². The maximum Gasteiger partial charge on any atom is 0.340 e. The van der Waals surface area contributed by atoms with Gasteiger partial charge in [-0.1, -0.05) is 0 Å². The summed E-state index contributed by atoms with van der Waals surface area (Å²) in [7, 11) is 0. The van der Waals surface area contributed by atoms with Crippen LogP contribution in [0.5, 0.6) is 0 Å². The molecule has 0 unspecified atom stereocenters. The minimum atomic E-state index is -0.948. The molecule has 1 fully saturated rings. The van der Waals surface area contributed by atoms with Crippen molar-refractivity contribution in [2.75, 3.05) is 24.6 Å². The predicted octanol–water partition coefficient (Wildman–Crippen LogP) is 3.51. The summed E-state index contributed by atoms with van der Waals surface area (Å²) >= 11 is 0. The molecule has 1 saturated heterocycles. The number of halogens is 2. The second-order valence-electron chi connectivity index (χ2n) is 6.28. The molecule has 9 heteroatoms. The highest BCUT2D eigenvalue weighted by Crippen LogP contribution is 2.29. The van der Waals surface area contributed by atoms with E-state index in [0.29, 0.717) is 24.8 Å². The summed E-state index contributed by atoms with van der Waals surface area (Å²) in [5.41, 5.74) is -0.412. The molecule has 1 aliphatic heterocycles. The molecule has 0 saturated carbocycles. The van der Waals surface area contributed by atoms with Crippen LogP contribution in [0.3, 0.4) is 0 Å². The number of ether oxygens (including phenoxy) is 1. The van der Waals surface area contributed by atoms with E-state index in [0.717, 1.165) is 31.0 Å². The molecule has 0 amide bonds. The molecule has 0 spiro atoms.